The van der Waals surface area contributed by atoms with E-state index in [0.29, 0.717) is 19.6 Å². The van der Waals surface area contributed by atoms with E-state index in [1.165, 1.54) is 4.90 Å². The van der Waals surface area contributed by atoms with Gasteiger partial charge in [0.15, 0.2) is 0 Å². The van der Waals surface area contributed by atoms with Gasteiger partial charge in [-0.25, -0.2) is 0 Å². The van der Waals surface area contributed by atoms with Gasteiger partial charge in [-0.15, -0.1) is 0 Å². The van der Waals surface area contributed by atoms with E-state index in [9.17, 15) is 9.59 Å². The van der Waals surface area contributed by atoms with Crippen LogP contribution in [0.4, 0.5) is 0 Å². The van der Waals surface area contributed by atoms with Crippen molar-refractivity contribution >= 4 is 11.8 Å². The summed E-state index contributed by atoms with van der Waals surface area (Å²) in [4.78, 5) is 23.9. The highest BCUT2D eigenvalue weighted by molar-refractivity contribution is 6.03. The topological polar surface area (TPSA) is 49.9 Å². The fraction of sp³-hybridized carbons (Fsp3) is 0.750. The largest absolute Gasteiger partial charge is 0.371 e. The van der Waals surface area contributed by atoms with Crippen LogP contribution >= 0.6 is 0 Å². The lowest BCUT2D eigenvalue weighted by atomic mass is 10.1. The van der Waals surface area contributed by atoms with Gasteiger partial charge in [0, 0.05) is 12.3 Å². The summed E-state index contributed by atoms with van der Waals surface area (Å²) in [5.41, 5.74) is 0. The maximum Gasteiger partial charge on any atom is 0.232 e. The number of hydrogen-bond acceptors (Lipinski definition) is 3. The maximum atomic E-state index is 11.3. The SMILES string of the molecule is CC1CC(=O)N(CC2CO2)C1=O. The van der Waals surface area contributed by atoms with E-state index < -0.39 is 0 Å². The normalized spacial score (nSPS) is 34.6. The second-order valence-corrected chi connectivity index (χ2v) is 3.40. The molecule has 2 atom stereocenters. The van der Waals surface area contributed by atoms with Crippen LogP contribution in [-0.2, 0) is 14.3 Å². The van der Waals surface area contributed by atoms with Gasteiger partial charge in [-0.2, -0.15) is 0 Å². The Labute approximate surface area is 70.5 Å². The molecule has 0 spiro atoms. The quantitative estimate of drug-likeness (QED) is 0.424. The fourth-order valence-electron chi connectivity index (χ4n) is 1.42. The first-order valence-corrected chi connectivity index (χ1v) is 4.14. The van der Waals surface area contributed by atoms with Crippen molar-refractivity contribution in [1.29, 1.82) is 0 Å². The molecule has 2 saturated heterocycles. The zero-order chi connectivity index (χ0) is 8.72. The van der Waals surface area contributed by atoms with Gasteiger partial charge in [-0.3, -0.25) is 14.5 Å². The monoisotopic (exact) mass is 169 g/mol. The highest BCUT2D eigenvalue weighted by Crippen LogP contribution is 2.21. The molecule has 0 saturated carbocycles. The van der Waals surface area contributed by atoms with Crippen LogP contribution in [0.1, 0.15) is 13.3 Å². The molecule has 2 rings (SSSR count). The minimum atomic E-state index is -0.128. The number of epoxide rings is 1. The van der Waals surface area contributed by atoms with Crippen LogP contribution in [-0.4, -0.2) is 36.0 Å². The Morgan fingerprint density at radius 3 is 2.67 bits per heavy atom. The van der Waals surface area contributed by atoms with Gasteiger partial charge in [0.05, 0.1) is 19.3 Å². The third-order valence-corrected chi connectivity index (χ3v) is 2.26. The number of nitrogens with zero attached hydrogens (tertiary/aromatic N) is 1. The number of imide groups is 1. The summed E-state index contributed by atoms with van der Waals surface area (Å²) in [5.74, 6) is -0.227. The van der Waals surface area contributed by atoms with E-state index >= 15 is 0 Å². The molecule has 0 aromatic heterocycles. The Kier molecular flexibility index (Phi) is 1.65. The Morgan fingerprint density at radius 2 is 2.25 bits per heavy atom. The Hall–Kier alpha value is -0.900. The van der Waals surface area contributed by atoms with Gasteiger partial charge >= 0.3 is 0 Å². The number of ether oxygens (including phenoxy) is 1. The summed E-state index contributed by atoms with van der Waals surface area (Å²) in [6, 6.07) is 0. The van der Waals surface area contributed by atoms with Crippen LogP contribution in [0.2, 0.25) is 0 Å². The first-order valence-electron chi connectivity index (χ1n) is 4.14. The number of amides is 2. The summed E-state index contributed by atoms with van der Waals surface area (Å²) in [6.07, 6.45) is 0.481. The lowest BCUT2D eigenvalue weighted by Crippen LogP contribution is -2.33. The van der Waals surface area contributed by atoms with Crippen molar-refractivity contribution < 1.29 is 14.3 Å². The highest BCUT2D eigenvalue weighted by Gasteiger charge is 2.39. The van der Waals surface area contributed by atoms with Gasteiger partial charge < -0.3 is 4.74 Å². The molecule has 4 nitrogen and oxygen atoms in total. The number of rotatable bonds is 2. The molecule has 0 aliphatic carbocycles. The number of carbonyl (C=O) groups is 2. The van der Waals surface area contributed by atoms with Gasteiger partial charge in [-0.05, 0) is 0 Å². The molecule has 0 N–H and O–H groups in total. The Bertz CT molecular complexity index is 234. The summed E-state index contributed by atoms with van der Waals surface area (Å²) < 4.78 is 4.96. The molecule has 2 fully saturated rings. The molecule has 2 aliphatic heterocycles. The number of carbonyl (C=O) groups excluding carboxylic acids is 2. The maximum absolute atomic E-state index is 11.3. The van der Waals surface area contributed by atoms with Crippen molar-refractivity contribution in [3.05, 3.63) is 0 Å². The van der Waals surface area contributed by atoms with Crippen molar-refractivity contribution in [3.8, 4) is 0 Å². The second-order valence-electron chi connectivity index (χ2n) is 3.40. The molecule has 4 heteroatoms. The highest BCUT2D eigenvalue weighted by atomic mass is 16.6. The van der Waals surface area contributed by atoms with Crippen molar-refractivity contribution in [2.24, 2.45) is 5.92 Å². The molecule has 2 amide bonds. The average molecular weight is 169 g/mol. The van der Waals surface area contributed by atoms with Gasteiger partial charge in [-0.1, -0.05) is 6.92 Å². The molecular formula is C8H11NO3. The van der Waals surface area contributed by atoms with E-state index in [1.54, 1.807) is 6.92 Å². The van der Waals surface area contributed by atoms with Crippen LogP contribution in [0.15, 0.2) is 0 Å². The second kappa shape index (κ2) is 2.55. The van der Waals surface area contributed by atoms with E-state index in [-0.39, 0.29) is 23.8 Å². The smallest absolute Gasteiger partial charge is 0.232 e. The van der Waals surface area contributed by atoms with Crippen LogP contribution in [0, 0.1) is 5.92 Å². The molecule has 0 radical (unpaired) electrons. The standard InChI is InChI=1S/C8H11NO3/c1-5-2-7(10)9(8(5)11)3-6-4-12-6/h5-6H,2-4H2,1H3. The zero-order valence-corrected chi connectivity index (χ0v) is 6.95. The lowest BCUT2D eigenvalue weighted by molar-refractivity contribution is -0.139. The molecule has 2 heterocycles. The number of hydrogen-bond donors (Lipinski definition) is 0. The Balaban J connectivity index is 2.02. The van der Waals surface area contributed by atoms with E-state index in [0.717, 1.165) is 0 Å². The molecule has 0 aromatic rings. The third kappa shape index (κ3) is 1.22. The van der Waals surface area contributed by atoms with E-state index in [4.69, 9.17) is 4.74 Å². The molecule has 0 aromatic carbocycles. The predicted octanol–water partition coefficient (Wildman–Crippen LogP) is -0.220. The summed E-state index contributed by atoms with van der Waals surface area (Å²) in [7, 11) is 0. The lowest BCUT2D eigenvalue weighted by Gasteiger charge is -2.11. The van der Waals surface area contributed by atoms with Crippen molar-refractivity contribution in [3.63, 3.8) is 0 Å². The average Bonchev–Trinajstić information content (AvgIpc) is 2.77. The molecule has 66 valence electrons. The first-order chi connectivity index (χ1) is 5.68. The van der Waals surface area contributed by atoms with Crippen molar-refractivity contribution in [1.82, 2.24) is 4.90 Å². The van der Waals surface area contributed by atoms with Crippen LogP contribution in [0.3, 0.4) is 0 Å². The van der Waals surface area contributed by atoms with Gasteiger partial charge in [0.1, 0.15) is 0 Å². The summed E-state index contributed by atoms with van der Waals surface area (Å²) in [5, 5.41) is 0. The summed E-state index contributed by atoms with van der Waals surface area (Å²) >= 11 is 0. The fourth-order valence-corrected chi connectivity index (χ4v) is 1.42. The van der Waals surface area contributed by atoms with E-state index in [2.05, 4.69) is 0 Å². The zero-order valence-electron chi connectivity index (χ0n) is 6.95. The van der Waals surface area contributed by atoms with Crippen molar-refractivity contribution in [2.75, 3.05) is 13.2 Å². The minimum Gasteiger partial charge on any atom is -0.371 e. The molecule has 2 unspecified atom stereocenters. The number of likely N-dealkylation sites (tertiary alicyclic amines) is 1. The molecule has 0 bridgehead atoms. The minimum absolute atomic E-state index is 0.0458. The van der Waals surface area contributed by atoms with Crippen LogP contribution < -0.4 is 0 Å². The predicted molar refractivity (Wildman–Crippen MR) is 40.2 cm³/mol. The van der Waals surface area contributed by atoms with Gasteiger partial charge in [0.25, 0.3) is 0 Å². The summed E-state index contributed by atoms with van der Waals surface area (Å²) in [6.45, 7) is 2.93. The molecule has 12 heavy (non-hydrogen) atoms. The van der Waals surface area contributed by atoms with Crippen LogP contribution in [0.5, 0.6) is 0 Å². The molecular weight excluding hydrogens is 158 g/mol. The van der Waals surface area contributed by atoms with E-state index in [1.807, 2.05) is 0 Å². The van der Waals surface area contributed by atoms with Crippen LogP contribution in [0.25, 0.3) is 0 Å². The van der Waals surface area contributed by atoms with Crippen molar-refractivity contribution in [2.45, 2.75) is 19.4 Å². The molecule has 2 aliphatic rings. The van der Waals surface area contributed by atoms with Gasteiger partial charge in [0.2, 0.25) is 11.8 Å². The first kappa shape index (κ1) is 7.73. The third-order valence-electron chi connectivity index (χ3n) is 2.26. The Morgan fingerprint density at radius 1 is 1.58 bits per heavy atom.